The Labute approximate surface area is 122 Å². The van der Waals surface area contributed by atoms with Gasteiger partial charge >= 0.3 is 5.69 Å². The van der Waals surface area contributed by atoms with E-state index in [1.165, 1.54) is 0 Å². The Balaban J connectivity index is 2.46. The van der Waals surface area contributed by atoms with E-state index < -0.39 is 16.6 Å². The maximum Gasteiger partial charge on any atom is 0.343 e. The van der Waals surface area contributed by atoms with E-state index in [2.05, 4.69) is 15.3 Å². The Kier molecular flexibility index (Phi) is 4.63. The van der Waals surface area contributed by atoms with Gasteiger partial charge in [-0.2, -0.15) is 0 Å². The first-order valence-electron chi connectivity index (χ1n) is 5.89. The molecule has 0 radical (unpaired) electrons. The lowest BCUT2D eigenvalue weighted by atomic mass is 10.3. The molecule has 0 fully saturated rings. The summed E-state index contributed by atoms with van der Waals surface area (Å²) in [7, 11) is 0. The summed E-state index contributed by atoms with van der Waals surface area (Å²) in [4.78, 5) is 18.0. The van der Waals surface area contributed by atoms with Crippen LogP contribution in [-0.2, 0) is 0 Å². The molecule has 0 atom stereocenters. The number of hydrogen-bond acceptors (Lipinski definition) is 6. The average molecular weight is 312 g/mol. The van der Waals surface area contributed by atoms with Crippen LogP contribution in [0.5, 0.6) is 0 Å². The Bertz CT molecular complexity index is 684. The van der Waals surface area contributed by atoms with Crippen molar-refractivity contribution >= 4 is 23.3 Å². The van der Waals surface area contributed by atoms with E-state index in [9.17, 15) is 18.9 Å². The number of aromatic nitrogens is 2. The number of nitro groups is 1. The number of nitrogens with one attached hydrogen (secondary N) is 1. The van der Waals surface area contributed by atoms with Gasteiger partial charge in [-0.05, 0) is 25.1 Å². The van der Waals surface area contributed by atoms with Crippen molar-refractivity contribution in [2.45, 2.75) is 16.8 Å². The fraction of sp³-hybridized carbons (Fsp3) is 0.167. The monoisotopic (exact) mass is 312 g/mol. The Hall–Kier alpha value is -2.29. The summed E-state index contributed by atoms with van der Waals surface area (Å²) in [6.45, 7) is 2.18. The van der Waals surface area contributed by atoms with Gasteiger partial charge in [0.15, 0.2) is 5.03 Å². The SMILES string of the molecule is CCNc1ncnc(Sc2cc(F)ccc2F)c1[N+](=O)[O-]. The van der Waals surface area contributed by atoms with Crippen molar-refractivity contribution in [2.24, 2.45) is 0 Å². The molecule has 0 spiro atoms. The second-order valence-electron chi connectivity index (χ2n) is 3.84. The largest absolute Gasteiger partial charge is 0.364 e. The quantitative estimate of drug-likeness (QED) is 0.518. The molecule has 0 saturated carbocycles. The molecular weight excluding hydrogens is 302 g/mol. The van der Waals surface area contributed by atoms with Crippen LogP contribution in [0.3, 0.4) is 0 Å². The second kappa shape index (κ2) is 6.44. The lowest BCUT2D eigenvalue weighted by Gasteiger charge is -2.07. The Morgan fingerprint density at radius 1 is 1.38 bits per heavy atom. The third-order valence-corrected chi connectivity index (χ3v) is 3.44. The summed E-state index contributed by atoms with van der Waals surface area (Å²) in [5.74, 6) is -1.28. The van der Waals surface area contributed by atoms with Gasteiger partial charge in [-0.15, -0.1) is 0 Å². The number of hydrogen-bond donors (Lipinski definition) is 1. The summed E-state index contributed by atoms with van der Waals surface area (Å²) in [6, 6.07) is 2.88. The zero-order valence-corrected chi connectivity index (χ0v) is 11.7. The van der Waals surface area contributed by atoms with Gasteiger partial charge < -0.3 is 5.32 Å². The van der Waals surface area contributed by atoms with Crippen molar-refractivity contribution in [3.63, 3.8) is 0 Å². The lowest BCUT2D eigenvalue weighted by Crippen LogP contribution is -2.05. The standard InChI is InChI=1S/C12H10F2N4O2S/c1-2-15-11-10(18(19)20)12(17-6-16-11)21-9-5-7(13)3-4-8(9)14/h3-6H,2H2,1H3,(H,15,16,17). The van der Waals surface area contributed by atoms with E-state index in [0.29, 0.717) is 18.3 Å². The maximum absolute atomic E-state index is 13.6. The predicted octanol–water partition coefficient (Wildman–Crippen LogP) is 3.25. The fourth-order valence-electron chi connectivity index (χ4n) is 1.56. The zero-order chi connectivity index (χ0) is 15.4. The Morgan fingerprint density at radius 2 is 2.14 bits per heavy atom. The first kappa shape index (κ1) is 15.1. The molecule has 1 heterocycles. The number of benzene rings is 1. The molecule has 1 aromatic heterocycles. The molecular formula is C12H10F2N4O2S. The fourth-order valence-corrected chi connectivity index (χ4v) is 2.47. The van der Waals surface area contributed by atoms with Gasteiger partial charge in [0.1, 0.15) is 18.0 Å². The first-order chi connectivity index (χ1) is 10.0. The van der Waals surface area contributed by atoms with Crippen molar-refractivity contribution in [3.05, 3.63) is 46.3 Å². The number of rotatable bonds is 5. The van der Waals surface area contributed by atoms with Crippen LogP contribution in [-0.4, -0.2) is 21.4 Å². The average Bonchev–Trinajstić information content (AvgIpc) is 2.43. The molecule has 9 heteroatoms. The van der Waals surface area contributed by atoms with E-state index in [1.807, 2.05) is 0 Å². The highest BCUT2D eigenvalue weighted by atomic mass is 32.2. The molecule has 21 heavy (non-hydrogen) atoms. The van der Waals surface area contributed by atoms with Crippen LogP contribution in [0.1, 0.15) is 6.92 Å². The van der Waals surface area contributed by atoms with Gasteiger partial charge in [0, 0.05) is 6.54 Å². The first-order valence-corrected chi connectivity index (χ1v) is 6.70. The Morgan fingerprint density at radius 3 is 2.81 bits per heavy atom. The van der Waals surface area contributed by atoms with Crippen LogP contribution >= 0.6 is 11.8 Å². The molecule has 6 nitrogen and oxygen atoms in total. The molecule has 0 saturated heterocycles. The summed E-state index contributed by atoms with van der Waals surface area (Å²) in [6.07, 6.45) is 1.13. The smallest absolute Gasteiger partial charge is 0.343 e. The van der Waals surface area contributed by atoms with Crippen LogP contribution in [0.25, 0.3) is 0 Å². The minimum Gasteiger partial charge on any atom is -0.364 e. The zero-order valence-electron chi connectivity index (χ0n) is 10.8. The highest BCUT2D eigenvalue weighted by Crippen LogP contribution is 2.37. The van der Waals surface area contributed by atoms with Gasteiger partial charge in [0.25, 0.3) is 0 Å². The number of anilines is 1. The summed E-state index contributed by atoms with van der Waals surface area (Å²) in [5.41, 5.74) is -0.368. The highest BCUT2D eigenvalue weighted by Gasteiger charge is 2.24. The van der Waals surface area contributed by atoms with E-state index in [0.717, 1.165) is 24.5 Å². The van der Waals surface area contributed by atoms with Gasteiger partial charge in [0.05, 0.1) is 9.82 Å². The van der Waals surface area contributed by atoms with Crippen molar-refractivity contribution in [3.8, 4) is 0 Å². The van der Waals surface area contributed by atoms with E-state index in [1.54, 1.807) is 6.92 Å². The normalized spacial score (nSPS) is 10.4. The van der Waals surface area contributed by atoms with Gasteiger partial charge in [-0.3, -0.25) is 10.1 Å². The topological polar surface area (TPSA) is 81.0 Å². The molecule has 2 aromatic rings. The molecule has 2 rings (SSSR count). The van der Waals surface area contributed by atoms with Crippen molar-refractivity contribution in [2.75, 3.05) is 11.9 Å². The van der Waals surface area contributed by atoms with E-state index >= 15 is 0 Å². The third kappa shape index (κ3) is 3.43. The van der Waals surface area contributed by atoms with E-state index in [-0.39, 0.29) is 21.4 Å². The van der Waals surface area contributed by atoms with Crippen LogP contribution in [0.4, 0.5) is 20.3 Å². The maximum atomic E-state index is 13.6. The third-order valence-electron chi connectivity index (χ3n) is 2.42. The summed E-state index contributed by atoms with van der Waals surface area (Å²) >= 11 is 0.676. The molecule has 0 amide bonds. The van der Waals surface area contributed by atoms with Gasteiger partial charge in [0.2, 0.25) is 5.82 Å². The van der Waals surface area contributed by atoms with Crippen LogP contribution in [0.2, 0.25) is 0 Å². The van der Waals surface area contributed by atoms with Gasteiger partial charge in [-0.1, -0.05) is 11.8 Å². The van der Waals surface area contributed by atoms with E-state index in [4.69, 9.17) is 0 Å². The summed E-state index contributed by atoms with van der Waals surface area (Å²) < 4.78 is 26.8. The molecule has 1 N–H and O–H groups in total. The second-order valence-corrected chi connectivity index (χ2v) is 4.87. The molecule has 0 unspecified atom stereocenters. The summed E-state index contributed by atoms with van der Waals surface area (Å²) in [5, 5.41) is 13.8. The molecule has 0 bridgehead atoms. The van der Waals surface area contributed by atoms with Crippen LogP contribution in [0, 0.1) is 21.7 Å². The molecule has 0 aliphatic carbocycles. The molecule has 110 valence electrons. The van der Waals surface area contributed by atoms with Crippen molar-refractivity contribution < 1.29 is 13.7 Å². The van der Waals surface area contributed by atoms with Crippen LogP contribution in [0.15, 0.2) is 34.4 Å². The molecule has 1 aromatic carbocycles. The minimum atomic E-state index is -0.681. The lowest BCUT2D eigenvalue weighted by molar-refractivity contribution is -0.387. The molecule has 0 aliphatic rings. The number of nitrogens with zero attached hydrogens (tertiary/aromatic N) is 3. The van der Waals surface area contributed by atoms with Crippen molar-refractivity contribution in [1.82, 2.24) is 9.97 Å². The van der Waals surface area contributed by atoms with Gasteiger partial charge in [-0.25, -0.2) is 18.7 Å². The van der Waals surface area contributed by atoms with Crippen LogP contribution < -0.4 is 5.32 Å². The number of halogens is 2. The minimum absolute atomic E-state index is 0.0387. The highest BCUT2D eigenvalue weighted by molar-refractivity contribution is 7.99. The van der Waals surface area contributed by atoms with Crippen molar-refractivity contribution in [1.29, 1.82) is 0 Å². The molecule has 0 aliphatic heterocycles. The predicted molar refractivity (Wildman–Crippen MR) is 73.3 cm³/mol.